The van der Waals surface area contributed by atoms with E-state index in [1.807, 2.05) is 67.5 Å². The molecule has 0 unspecified atom stereocenters. The number of sulfonamides is 1. The molecular weight excluding hydrogens is 466 g/mol. The molecule has 0 amide bonds. The van der Waals surface area contributed by atoms with Gasteiger partial charge in [-0.05, 0) is 23.8 Å². The first-order valence-electron chi connectivity index (χ1n) is 11.5. The lowest BCUT2D eigenvalue weighted by molar-refractivity contribution is 0.0690. The number of anilines is 2. The highest BCUT2D eigenvalue weighted by Gasteiger charge is 2.49. The molecule has 1 aromatic heterocycles. The summed E-state index contributed by atoms with van der Waals surface area (Å²) in [6.45, 7) is 0.623. The van der Waals surface area contributed by atoms with Gasteiger partial charge in [0, 0.05) is 31.5 Å². The van der Waals surface area contributed by atoms with Gasteiger partial charge in [0.05, 0.1) is 36.7 Å². The molecule has 35 heavy (non-hydrogen) atoms. The van der Waals surface area contributed by atoms with Crippen molar-refractivity contribution in [1.82, 2.24) is 14.7 Å². The van der Waals surface area contributed by atoms with Gasteiger partial charge in [-0.3, -0.25) is 0 Å². The monoisotopic (exact) mass is 495 g/mol. The molecule has 0 radical (unpaired) electrons. The van der Waals surface area contributed by atoms with E-state index in [1.165, 1.54) is 0 Å². The Morgan fingerprint density at radius 2 is 1.63 bits per heavy atom. The van der Waals surface area contributed by atoms with Gasteiger partial charge in [0.2, 0.25) is 16.0 Å². The molecule has 3 aromatic rings. The first-order chi connectivity index (χ1) is 16.9. The van der Waals surface area contributed by atoms with Crippen LogP contribution in [-0.2, 0) is 25.2 Å². The zero-order valence-corrected chi connectivity index (χ0v) is 20.5. The number of benzene rings is 2. The summed E-state index contributed by atoms with van der Waals surface area (Å²) >= 11 is 0. The minimum atomic E-state index is -3.54. The van der Waals surface area contributed by atoms with E-state index in [-0.39, 0.29) is 30.6 Å². The van der Waals surface area contributed by atoms with Crippen LogP contribution in [0.2, 0.25) is 0 Å². The van der Waals surface area contributed by atoms with Gasteiger partial charge in [0.25, 0.3) is 0 Å². The molecule has 0 aliphatic carbocycles. The summed E-state index contributed by atoms with van der Waals surface area (Å²) in [6.07, 6.45) is 1.04. The van der Waals surface area contributed by atoms with Crippen molar-refractivity contribution < 1.29 is 17.9 Å². The van der Waals surface area contributed by atoms with Gasteiger partial charge in [-0.2, -0.15) is 0 Å². The number of ether oxygens (including phenoxy) is 2. The van der Waals surface area contributed by atoms with Crippen LogP contribution in [0, 0.1) is 0 Å². The van der Waals surface area contributed by atoms with Crippen LogP contribution in [0.15, 0.2) is 66.9 Å². The van der Waals surface area contributed by atoms with Crippen molar-refractivity contribution in [3.63, 3.8) is 0 Å². The number of hydrogen-bond donors (Lipinski definition) is 2. The number of nitrogens with zero attached hydrogens (tertiary/aromatic N) is 3. The van der Waals surface area contributed by atoms with Gasteiger partial charge in [-0.1, -0.05) is 42.5 Å². The summed E-state index contributed by atoms with van der Waals surface area (Å²) < 4.78 is 40.0. The van der Waals surface area contributed by atoms with Crippen molar-refractivity contribution in [1.29, 1.82) is 0 Å². The van der Waals surface area contributed by atoms with Crippen LogP contribution in [0.3, 0.4) is 0 Å². The smallest absolute Gasteiger partial charge is 0.223 e. The molecule has 0 bridgehead atoms. The first kappa shape index (κ1) is 23.7. The highest BCUT2D eigenvalue weighted by Crippen LogP contribution is 2.30. The second kappa shape index (κ2) is 9.90. The van der Waals surface area contributed by atoms with Crippen molar-refractivity contribution >= 4 is 21.7 Å². The molecule has 0 spiro atoms. The zero-order valence-electron chi connectivity index (χ0n) is 19.7. The highest BCUT2D eigenvalue weighted by molar-refractivity contribution is 7.88. The van der Waals surface area contributed by atoms with E-state index < -0.39 is 16.1 Å². The molecule has 184 valence electrons. The van der Waals surface area contributed by atoms with E-state index in [0.29, 0.717) is 12.6 Å². The quantitative estimate of drug-likeness (QED) is 0.490. The number of nitrogens with one attached hydrogen (secondary N) is 2. The van der Waals surface area contributed by atoms with E-state index in [9.17, 15) is 8.42 Å². The Kier molecular flexibility index (Phi) is 6.70. The Bertz CT molecular complexity index is 1250. The lowest BCUT2D eigenvalue weighted by Crippen LogP contribution is -2.45. The van der Waals surface area contributed by atoms with Gasteiger partial charge in [-0.15, -0.1) is 0 Å². The Labute approximate surface area is 205 Å². The third kappa shape index (κ3) is 5.46. The van der Waals surface area contributed by atoms with Crippen molar-refractivity contribution in [2.24, 2.45) is 0 Å². The number of aromatic nitrogens is 2. The molecule has 10 heteroatoms. The van der Waals surface area contributed by atoms with Crippen LogP contribution >= 0.6 is 0 Å². The maximum absolute atomic E-state index is 12.7. The number of rotatable bonds is 8. The van der Waals surface area contributed by atoms with Crippen LogP contribution in [0.5, 0.6) is 0 Å². The molecule has 9 nitrogen and oxygen atoms in total. The van der Waals surface area contributed by atoms with Gasteiger partial charge >= 0.3 is 0 Å². The topological polar surface area (TPSA) is 106 Å². The molecule has 4 atom stereocenters. The van der Waals surface area contributed by atoms with E-state index in [0.717, 1.165) is 22.5 Å². The SMILES string of the molecule is CN(C)c1ccc(-c2ccnc(N[C@@H]3CO[C@@H]4[C@@H]3OC[C@@H]4NS(=O)(=O)Cc3ccccc3)n2)cc1. The van der Waals surface area contributed by atoms with Crippen LogP contribution in [0.1, 0.15) is 5.56 Å². The maximum atomic E-state index is 12.7. The Hall–Kier alpha value is -3.05. The average molecular weight is 496 g/mol. The summed E-state index contributed by atoms with van der Waals surface area (Å²) in [5, 5.41) is 3.32. The predicted molar refractivity (Wildman–Crippen MR) is 135 cm³/mol. The molecule has 2 fully saturated rings. The summed E-state index contributed by atoms with van der Waals surface area (Å²) in [5.41, 5.74) is 3.65. The summed E-state index contributed by atoms with van der Waals surface area (Å²) in [4.78, 5) is 11.1. The first-order valence-corrected chi connectivity index (χ1v) is 13.2. The maximum Gasteiger partial charge on any atom is 0.223 e. The second-order valence-electron chi connectivity index (χ2n) is 9.02. The fourth-order valence-corrected chi connectivity index (χ4v) is 5.85. The number of fused-ring (bicyclic) bond motifs is 1. The fraction of sp³-hybridized carbons (Fsp3) is 0.360. The minimum absolute atomic E-state index is 0.0838. The van der Waals surface area contributed by atoms with Crippen molar-refractivity contribution in [3.05, 3.63) is 72.4 Å². The Balaban J connectivity index is 1.22. The minimum Gasteiger partial charge on any atom is -0.378 e. The Morgan fingerprint density at radius 1 is 0.943 bits per heavy atom. The van der Waals surface area contributed by atoms with Gasteiger partial charge in [0.1, 0.15) is 12.2 Å². The molecule has 0 saturated carbocycles. The van der Waals surface area contributed by atoms with E-state index >= 15 is 0 Å². The van der Waals surface area contributed by atoms with Crippen molar-refractivity contribution in [2.75, 3.05) is 37.5 Å². The van der Waals surface area contributed by atoms with E-state index in [2.05, 4.69) is 20.0 Å². The molecule has 5 rings (SSSR count). The van der Waals surface area contributed by atoms with Crippen molar-refractivity contribution in [2.45, 2.75) is 30.0 Å². The normalized spacial score (nSPS) is 23.7. The standard InChI is InChI=1S/C25H29N5O4S/c1-30(2)19-10-8-18(9-11-19)20-12-13-26-25(27-20)28-21-14-33-24-22(15-34-23(21)24)29-35(31,32)16-17-6-4-3-5-7-17/h3-13,21-24,29H,14-16H2,1-2H3,(H,26,27,28)/t21-,22+,23-,24+/m1/s1. The lowest BCUT2D eigenvalue weighted by Gasteiger charge is -2.18. The Morgan fingerprint density at radius 3 is 2.34 bits per heavy atom. The van der Waals surface area contributed by atoms with Gasteiger partial charge in [0.15, 0.2) is 0 Å². The third-order valence-electron chi connectivity index (χ3n) is 6.23. The predicted octanol–water partition coefficient (Wildman–Crippen LogP) is 2.28. The largest absolute Gasteiger partial charge is 0.378 e. The molecule has 2 aliphatic rings. The third-order valence-corrected chi connectivity index (χ3v) is 7.61. The summed E-state index contributed by atoms with van der Waals surface area (Å²) in [7, 11) is 0.469. The van der Waals surface area contributed by atoms with E-state index in [4.69, 9.17) is 9.47 Å². The van der Waals surface area contributed by atoms with Gasteiger partial charge < -0.3 is 19.7 Å². The lowest BCUT2D eigenvalue weighted by atomic mass is 10.1. The van der Waals surface area contributed by atoms with Crippen molar-refractivity contribution in [3.8, 4) is 11.3 Å². The van der Waals surface area contributed by atoms with Crippen LogP contribution in [0.25, 0.3) is 11.3 Å². The summed E-state index contributed by atoms with van der Waals surface area (Å²) in [6, 6.07) is 18.5. The number of hydrogen-bond acceptors (Lipinski definition) is 8. The molecule has 2 saturated heterocycles. The molecular formula is C25H29N5O4S. The summed E-state index contributed by atoms with van der Waals surface area (Å²) in [5.74, 6) is 0.393. The molecule has 2 N–H and O–H groups in total. The zero-order chi connectivity index (χ0) is 24.4. The van der Waals surface area contributed by atoms with Crippen LogP contribution in [0.4, 0.5) is 11.6 Å². The fourth-order valence-electron chi connectivity index (χ4n) is 4.48. The average Bonchev–Trinajstić information content (AvgIpc) is 3.43. The second-order valence-corrected chi connectivity index (χ2v) is 10.8. The molecule has 2 aliphatic heterocycles. The highest BCUT2D eigenvalue weighted by atomic mass is 32.2. The van der Waals surface area contributed by atoms with Crippen LogP contribution < -0.4 is 14.9 Å². The van der Waals surface area contributed by atoms with Gasteiger partial charge in [-0.25, -0.2) is 23.1 Å². The van der Waals surface area contributed by atoms with Crippen LogP contribution in [-0.4, -0.2) is 70.0 Å². The molecule has 3 heterocycles. The molecule has 2 aromatic carbocycles. The van der Waals surface area contributed by atoms with E-state index in [1.54, 1.807) is 18.3 Å².